The Morgan fingerprint density at radius 3 is 2.38 bits per heavy atom. The Bertz CT molecular complexity index is 635. The van der Waals surface area contributed by atoms with Crippen LogP contribution >= 0.6 is 0 Å². The third kappa shape index (κ3) is 3.16. The van der Waals surface area contributed by atoms with Gasteiger partial charge in [-0.05, 0) is 44.2 Å². The largest absolute Gasteiger partial charge is 0.504 e. The van der Waals surface area contributed by atoms with Gasteiger partial charge < -0.3 is 14.7 Å². The minimum Gasteiger partial charge on any atom is -0.504 e. The molecule has 21 heavy (non-hydrogen) atoms. The van der Waals surface area contributed by atoms with Crippen LogP contribution in [0.4, 0.5) is 5.69 Å². The predicted octanol–water partition coefficient (Wildman–Crippen LogP) is 3.38. The highest BCUT2D eigenvalue weighted by atomic mass is 16.5. The van der Waals surface area contributed by atoms with Crippen LogP contribution in [0.1, 0.15) is 22.8 Å². The molecule has 2 aromatic carbocycles. The lowest BCUT2D eigenvalue weighted by Gasteiger charge is -2.21. The summed E-state index contributed by atoms with van der Waals surface area (Å²) in [5, 5.41) is 9.81. The summed E-state index contributed by atoms with van der Waals surface area (Å²) >= 11 is 0. The number of methoxy groups -OCH3 is 1. The van der Waals surface area contributed by atoms with Gasteiger partial charge in [0.2, 0.25) is 0 Å². The molecule has 0 saturated heterocycles. The molecule has 0 spiro atoms. The Morgan fingerprint density at radius 1 is 1.19 bits per heavy atom. The van der Waals surface area contributed by atoms with Crippen molar-refractivity contribution in [1.29, 1.82) is 0 Å². The molecule has 1 amide bonds. The van der Waals surface area contributed by atoms with Gasteiger partial charge >= 0.3 is 0 Å². The summed E-state index contributed by atoms with van der Waals surface area (Å²) in [4.78, 5) is 14.3. The number of aromatic hydroxyl groups is 1. The van der Waals surface area contributed by atoms with Gasteiger partial charge in [0.15, 0.2) is 11.5 Å². The van der Waals surface area contributed by atoms with E-state index in [1.54, 1.807) is 17.0 Å². The maximum absolute atomic E-state index is 12.6. The number of carbonyl (C=O) groups is 1. The molecule has 0 aliphatic heterocycles. The first-order valence-electron chi connectivity index (χ1n) is 6.82. The average Bonchev–Trinajstić information content (AvgIpc) is 2.49. The maximum atomic E-state index is 12.6. The molecule has 2 rings (SSSR count). The Hall–Kier alpha value is -2.49. The van der Waals surface area contributed by atoms with Crippen LogP contribution in [0.2, 0.25) is 0 Å². The van der Waals surface area contributed by atoms with Crippen molar-refractivity contribution in [3.05, 3.63) is 53.6 Å². The van der Waals surface area contributed by atoms with Gasteiger partial charge in [-0.3, -0.25) is 4.79 Å². The molecule has 0 heterocycles. The quantitative estimate of drug-likeness (QED) is 0.937. The number of phenolic OH excluding ortho intramolecular Hbond substituents is 1. The summed E-state index contributed by atoms with van der Waals surface area (Å²) < 4.78 is 4.99. The van der Waals surface area contributed by atoms with Crippen LogP contribution in [0, 0.1) is 6.92 Å². The van der Waals surface area contributed by atoms with Gasteiger partial charge in [-0.25, -0.2) is 0 Å². The van der Waals surface area contributed by atoms with E-state index in [-0.39, 0.29) is 11.7 Å². The van der Waals surface area contributed by atoms with E-state index in [9.17, 15) is 9.90 Å². The van der Waals surface area contributed by atoms with Crippen LogP contribution in [0.15, 0.2) is 42.5 Å². The van der Waals surface area contributed by atoms with Crippen LogP contribution in [0.25, 0.3) is 0 Å². The molecule has 0 aliphatic carbocycles. The highest BCUT2D eigenvalue weighted by Crippen LogP contribution is 2.27. The number of amides is 1. The summed E-state index contributed by atoms with van der Waals surface area (Å²) in [6.07, 6.45) is 0. The second-order valence-electron chi connectivity index (χ2n) is 4.77. The number of rotatable bonds is 4. The molecule has 0 bridgehead atoms. The van der Waals surface area contributed by atoms with Crippen molar-refractivity contribution in [3.8, 4) is 11.5 Å². The van der Waals surface area contributed by atoms with E-state index in [1.807, 2.05) is 38.1 Å². The van der Waals surface area contributed by atoms with E-state index >= 15 is 0 Å². The highest BCUT2D eigenvalue weighted by molar-refractivity contribution is 6.06. The fourth-order valence-electron chi connectivity index (χ4n) is 2.15. The molecule has 1 N–H and O–H groups in total. The van der Waals surface area contributed by atoms with Crippen LogP contribution in [-0.2, 0) is 0 Å². The van der Waals surface area contributed by atoms with Crippen molar-refractivity contribution in [2.24, 2.45) is 0 Å². The van der Waals surface area contributed by atoms with Crippen molar-refractivity contribution in [3.63, 3.8) is 0 Å². The minimum absolute atomic E-state index is 0.0386. The number of phenols is 1. The van der Waals surface area contributed by atoms with Gasteiger partial charge in [-0.2, -0.15) is 0 Å². The third-order valence-electron chi connectivity index (χ3n) is 3.33. The Morgan fingerprint density at radius 2 is 1.86 bits per heavy atom. The lowest BCUT2D eigenvalue weighted by atomic mass is 10.1. The summed E-state index contributed by atoms with van der Waals surface area (Å²) in [5.41, 5.74) is 2.41. The Labute approximate surface area is 124 Å². The third-order valence-corrected chi connectivity index (χ3v) is 3.33. The summed E-state index contributed by atoms with van der Waals surface area (Å²) in [6, 6.07) is 12.4. The zero-order valence-electron chi connectivity index (χ0n) is 12.5. The monoisotopic (exact) mass is 285 g/mol. The number of hydrogen-bond donors (Lipinski definition) is 1. The van der Waals surface area contributed by atoms with Crippen molar-refractivity contribution in [2.75, 3.05) is 18.6 Å². The van der Waals surface area contributed by atoms with Crippen molar-refractivity contribution < 1.29 is 14.6 Å². The minimum atomic E-state index is -0.153. The van der Waals surface area contributed by atoms with Crippen LogP contribution in [-0.4, -0.2) is 24.7 Å². The van der Waals surface area contributed by atoms with E-state index in [1.165, 1.54) is 13.2 Å². The lowest BCUT2D eigenvalue weighted by Crippen LogP contribution is -2.30. The maximum Gasteiger partial charge on any atom is 0.258 e. The van der Waals surface area contributed by atoms with Crippen molar-refractivity contribution in [1.82, 2.24) is 0 Å². The number of benzene rings is 2. The summed E-state index contributed by atoms with van der Waals surface area (Å²) in [6.45, 7) is 4.47. The second-order valence-corrected chi connectivity index (χ2v) is 4.77. The first kappa shape index (κ1) is 14.9. The molecule has 4 heteroatoms. The molecule has 0 fully saturated rings. The predicted molar refractivity (Wildman–Crippen MR) is 83.2 cm³/mol. The van der Waals surface area contributed by atoms with E-state index in [0.29, 0.717) is 17.9 Å². The summed E-state index contributed by atoms with van der Waals surface area (Å²) in [5.74, 6) is 0.160. The topological polar surface area (TPSA) is 49.8 Å². The van der Waals surface area contributed by atoms with Crippen molar-refractivity contribution >= 4 is 11.6 Å². The first-order chi connectivity index (χ1) is 10.1. The molecule has 110 valence electrons. The number of anilines is 1. The molecular formula is C17H19NO3. The number of hydrogen-bond acceptors (Lipinski definition) is 3. The molecule has 0 unspecified atom stereocenters. The fourth-order valence-corrected chi connectivity index (χ4v) is 2.15. The van der Waals surface area contributed by atoms with Crippen LogP contribution in [0.5, 0.6) is 11.5 Å². The Kier molecular flexibility index (Phi) is 4.48. The average molecular weight is 285 g/mol. The van der Waals surface area contributed by atoms with E-state index < -0.39 is 0 Å². The van der Waals surface area contributed by atoms with Gasteiger partial charge in [0.25, 0.3) is 5.91 Å². The molecule has 0 saturated carbocycles. The van der Waals surface area contributed by atoms with E-state index in [2.05, 4.69) is 0 Å². The van der Waals surface area contributed by atoms with E-state index in [4.69, 9.17) is 4.74 Å². The number of aryl methyl sites for hydroxylation is 1. The van der Waals surface area contributed by atoms with Gasteiger partial charge in [-0.15, -0.1) is 0 Å². The highest BCUT2D eigenvalue weighted by Gasteiger charge is 2.17. The van der Waals surface area contributed by atoms with Gasteiger partial charge in [-0.1, -0.05) is 17.7 Å². The molecule has 0 atom stereocenters. The number of nitrogens with zero attached hydrogens (tertiary/aromatic N) is 1. The first-order valence-corrected chi connectivity index (χ1v) is 6.82. The standard InChI is InChI=1S/C17H19NO3/c1-4-18(14-8-5-12(2)6-9-14)17(20)13-7-10-16(21-3)15(19)11-13/h5-11,19H,4H2,1-3H3. The molecule has 4 nitrogen and oxygen atoms in total. The zero-order valence-corrected chi connectivity index (χ0v) is 12.5. The van der Waals surface area contributed by atoms with E-state index in [0.717, 1.165) is 11.3 Å². The normalized spacial score (nSPS) is 10.2. The molecule has 0 aliphatic rings. The molecule has 0 aromatic heterocycles. The van der Waals surface area contributed by atoms with Gasteiger partial charge in [0.05, 0.1) is 7.11 Å². The Balaban J connectivity index is 2.32. The summed E-state index contributed by atoms with van der Waals surface area (Å²) in [7, 11) is 1.47. The SMILES string of the molecule is CCN(C(=O)c1ccc(OC)c(O)c1)c1ccc(C)cc1. The van der Waals surface area contributed by atoms with Crippen LogP contribution < -0.4 is 9.64 Å². The number of ether oxygens (including phenoxy) is 1. The smallest absolute Gasteiger partial charge is 0.258 e. The number of carbonyl (C=O) groups excluding carboxylic acids is 1. The van der Waals surface area contributed by atoms with Gasteiger partial charge in [0.1, 0.15) is 0 Å². The van der Waals surface area contributed by atoms with Crippen molar-refractivity contribution in [2.45, 2.75) is 13.8 Å². The molecule has 2 aromatic rings. The van der Waals surface area contributed by atoms with Crippen LogP contribution in [0.3, 0.4) is 0 Å². The van der Waals surface area contributed by atoms with Gasteiger partial charge in [0, 0.05) is 17.8 Å². The second kappa shape index (κ2) is 6.31. The fraction of sp³-hybridized carbons (Fsp3) is 0.235. The zero-order chi connectivity index (χ0) is 15.4. The molecular weight excluding hydrogens is 266 g/mol. The molecule has 0 radical (unpaired) electrons. The lowest BCUT2D eigenvalue weighted by molar-refractivity contribution is 0.0988.